The van der Waals surface area contributed by atoms with Crippen LogP contribution in [0.3, 0.4) is 0 Å². The highest BCUT2D eigenvalue weighted by atomic mass is 16.7. The number of rotatable bonds is 12. The molecular weight excluding hydrogens is 514 g/mol. The molecule has 37 heavy (non-hydrogen) atoms. The quantitative estimate of drug-likeness (QED) is 0.206. The summed E-state index contributed by atoms with van der Waals surface area (Å²) < 4.78 is 9.91. The molecular formula is C16H17N7O14. The first-order chi connectivity index (χ1) is 17.2. The number of nitrogens with one attached hydrogen (secondary N) is 1. The molecule has 0 spiro atoms. The lowest BCUT2D eigenvalue weighted by Crippen LogP contribution is -2.47. The third-order valence-electron chi connectivity index (χ3n) is 5.15. The molecule has 0 saturated heterocycles. The molecule has 0 aromatic carbocycles. The Labute approximate surface area is 203 Å². The molecule has 0 saturated carbocycles. The highest BCUT2D eigenvalue weighted by molar-refractivity contribution is 5.42. The van der Waals surface area contributed by atoms with Crippen molar-refractivity contribution >= 4 is 0 Å². The fourth-order valence-electron chi connectivity index (χ4n) is 3.65. The second-order valence-corrected chi connectivity index (χ2v) is 7.28. The predicted molar refractivity (Wildman–Crippen MR) is 113 cm³/mol. The van der Waals surface area contributed by atoms with Crippen molar-refractivity contribution in [1.82, 2.24) is 5.32 Å². The lowest BCUT2D eigenvalue weighted by atomic mass is 9.94. The molecule has 2 aliphatic carbocycles. The molecule has 0 radical (unpaired) electrons. The van der Waals surface area contributed by atoms with Gasteiger partial charge in [-0.05, 0) is 13.8 Å². The zero-order chi connectivity index (χ0) is 28.3. The van der Waals surface area contributed by atoms with E-state index in [-0.39, 0.29) is 0 Å². The van der Waals surface area contributed by atoms with Gasteiger partial charge in [0, 0.05) is 0 Å². The second-order valence-electron chi connectivity index (χ2n) is 7.28. The summed E-state index contributed by atoms with van der Waals surface area (Å²) in [6.07, 6.45) is -1.79. The maximum absolute atomic E-state index is 11.8. The molecule has 2 aliphatic rings. The molecule has 0 heterocycles. The molecule has 1 N–H and O–H groups in total. The lowest BCUT2D eigenvalue weighted by Gasteiger charge is -2.26. The fourth-order valence-corrected chi connectivity index (χ4v) is 3.65. The van der Waals surface area contributed by atoms with Gasteiger partial charge in [0.1, 0.15) is 25.0 Å². The number of hydrogen-bond acceptors (Lipinski definition) is 15. The van der Waals surface area contributed by atoms with Gasteiger partial charge in [-0.1, -0.05) is 0 Å². The summed E-state index contributed by atoms with van der Waals surface area (Å²) in [7, 11) is 0. The Balaban J connectivity index is 2.86. The maximum atomic E-state index is 11.8. The Hall–Kier alpha value is -4.92. The number of ether oxygens (including phenoxy) is 2. The van der Waals surface area contributed by atoms with Crippen LogP contribution in [-0.2, 0) is 9.47 Å². The van der Waals surface area contributed by atoms with Crippen molar-refractivity contribution < 1.29 is 39.0 Å². The Morgan fingerprint density at radius 3 is 1.22 bits per heavy atom. The van der Waals surface area contributed by atoms with E-state index in [1.165, 1.54) is 13.8 Å². The van der Waals surface area contributed by atoms with Crippen LogP contribution in [0.2, 0.25) is 0 Å². The van der Waals surface area contributed by atoms with Gasteiger partial charge in [-0.15, -0.1) is 0 Å². The molecule has 0 bridgehead atoms. The van der Waals surface area contributed by atoms with Crippen molar-refractivity contribution in [3.8, 4) is 0 Å². The van der Waals surface area contributed by atoms with Gasteiger partial charge in [0.2, 0.25) is 0 Å². The monoisotopic (exact) mass is 531 g/mol. The first-order valence-electron chi connectivity index (χ1n) is 10.0. The van der Waals surface area contributed by atoms with E-state index in [1.807, 2.05) is 5.32 Å². The van der Waals surface area contributed by atoms with E-state index in [2.05, 4.69) is 0 Å². The second kappa shape index (κ2) is 10.4. The van der Waals surface area contributed by atoms with Gasteiger partial charge in [-0.3, -0.25) is 60.7 Å². The minimum absolute atomic E-state index is 0.318. The summed E-state index contributed by atoms with van der Waals surface area (Å²) in [4.78, 5) is 62.9. The third kappa shape index (κ3) is 5.20. The number of nitro groups is 6. The maximum Gasteiger partial charge on any atom is 0.361 e. The average Bonchev–Trinajstić information content (AvgIpc) is 2.79. The van der Waals surface area contributed by atoms with Crippen LogP contribution in [0, 0.1) is 60.7 Å². The lowest BCUT2D eigenvalue weighted by molar-refractivity contribution is -0.620. The van der Waals surface area contributed by atoms with E-state index in [9.17, 15) is 60.7 Å². The first-order valence-corrected chi connectivity index (χ1v) is 10.0. The van der Waals surface area contributed by atoms with Crippen molar-refractivity contribution in [2.45, 2.75) is 38.1 Å². The van der Waals surface area contributed by atoms with E-state index < -0.39 is 101 Å². The zero-order valence-corrected chi connectivity index (χ0v) is 18.9. The standard InChI is InChI=1S/C16H17N7O14/c1-3-36-15(22(32)33)5-9(18(24)25)13(10(6-15)19(26)27)17-14-11(20(28)29)7-16(23(34)35,37-4-2)8-12(14)21(30)31/h5,7,17H,3-4,6,8H2,1-2H3. The van der Waals surface area contributed by atoms with E-state index in [0.717, 1.165) is 0 Å². The van der Waals surface area contributed by atoms with Crippen LogP contribution < -0.4 is 5.32 Å². The summed E-state index contributed by atoms with van der Waals surface area (Å²) in [5, 5.41) is 72.3. The molecule has 0 aromatic rings. The van der Waals surface area contributed by atoms with Crippen LogP contribution in [0.15, 0.2) is 46.3 Å². The summed E-state index contributed by atoms with van der Waals surface area (Å²) in [6, 6.07) is 0. The van der Waals surface area contributed by atoms with Gasteiger partial charge in [-0.25, -0.2) is 0 Å². The van der Waals surface area contributed by atoms with Crippen molar-refractivity contribution in [1.29, 1.82) is 0 Å². The average molecular weight is 531 g/mol. The van der Waals surface area contributed by atoms with Crippen LogP contribution in [0.5, 0.6) is 0 Å². The molecule has 2 rings (SSSR count). The van der Waals surface area contributed by atoms with E-state index in [0.29, 0.717) is 12.2 Å². The smallest absolute Gasteiger partial charge is 0.333 e. The van der Waals surface area contributed by atoms with E-state index in [4.69, 9.17) is 9.47 Å². The van der Waals surface area contributed by atoms with Gasteiger partial charge in [0.05, 0.1) is 42.8 Å². The Morgan fingerprint density at radius 1 is 0.676 bits per heavy atom. The largest absolute Gasteiger partial charge is 0.361 e. The van der Waals surface area contributed by atoms with E-state index >= 15 is 0 Å². The van der Waals surface area contributed by atoms with Gasteiger partial charge < -0.3 is 14.8 Å². The predicted octanol–water partition coefficient (Wildman–Crippen LogP) is 0.700. The van der Waals surface area contributed by atoms with Crippen molar-refractivity contribution in [2.24, 2.45) is 0 Å². The Morgan fingerprint density at radius 2 is 1.00 bits per heavy atom. The molecule has 21 nitrogen and oxygen atoms in total. The first kappa shape index (κ1) is 28.3. The van der Waals surface area contributed by atoms with Crippen LogP contribution in [0.4, 0.5) is 0 Å². The Kier molecular flexibility index (Phi) is 7.94. The van der Waals surface area contributed by atoms with Gasteiger partial charge in [0.25, 0.3) is 11.4 Å². The minimum atomic E-state index is -2.77. The van der Waals surface area contributed by atoms with Crippen LogP contribution in [0.1, 0.15) is 26.7 Å². The molecule has 0 fully saturated rings. The normalized spacial score (nSPS) is 23.6. The van der Waals surface area contributed by atoms with Crippen molar-refractivity contribution in [3.63, 3.8) is 0 Å². The van der Waals surface area contributed by atoms with Crippen molar-refractivity contribution in [2.75, 3.05) is 13.2 Å². The summed E-state index contributed by atoms with van der Waals surface area (Å²) >= 11 is 0. The summed E-state index contributed by atoms with van der Waals surface area (Å²) in [6.45, 7) is 1.75. The Bertz CT molecular complexity index is 1130. The molecule has 200 valence electrons. The van der Waals surface area contributed by atoms with Crippen LogP contribution in [0.25, 0.3) is 0 Å². The van der Waals surface area contributed by atoms with Gasteiger partial charge >= 0.3 is 22.8 Å². The summed E-state index contributed by atoms with van der Waals surface area (Å²) in [5.41, 5.74) is -13.1. The highest BCUT2D eigenvalue weighted by Crippen LogP contribution is 2.38. The molecule has 2 atom stereocenters. The highest BCUT2D eigenvalue weighted by Gasteiger charge is 2.57. The number of nitrogens with zero attached hydrogens (tertiary/aromatic N) is 6. The fraction of sp³-hybridized carbons (Fsp3) is 0.500. The van der Waals surface area contributed by atoms with Gasteiger partial charge in [-0.2, -0.15) is 0 Å². The molecule has 21 heteroatoms. The minimum Gasteiger partial charge on any atom is -0.333 e. The summed E-state index contributed by atoms with van der Waals surface area (Å²) in [5.74, 6) is 0. The topological polar surface area (TPSA) is 289 Å². The van der Waals surface area contributed by atoms with Gasteiger partial charge in [0.15, 0.2) is 11.4 Å². The molecule has 0 aliphatic heterocycles. The third-order valence-corrected chi connectivity index (χ3v) is 5.15. The van der Waals surface area contributed by atoms with Crippen LogP contribution >= 0.6 is 0 Å². The number of hydrogen-bond donors (Lipinski definition) is 1. The SMILES string of the molecule is CCOC1([N+](=O)[O-])C=C([N+](=O)[O-])C(NC2=C([N+](=O)[O-])CC(OCC)([N+](=O)[O-])C=C2[N+](=O)[O-])=C([N+](=O)[O-])C1. The van der Waals surface area contributed by atoms with Crippen molar-refractivity contribution in [3.05, 3.63) is 107 Å². The molecule has 0 amide bonds. The zero-order valence-electron chi connectivity index (χ0n) is 18.9. The molecule has 2 unspecified atom stereocenters. The van der Waals surface area contributed by atoms with Crippen LogP contribution in [-0.4, -0.2) is 54.2 Å². The molecule has 0 aromatic heterocycles. The van der Waals surface area contributed by atoms with E-state index in [1.54, 1.807) is 0 Å².